The quantitative estimate of drug-likeness (QED) is 0.233. The summed E-state index contributed by atoms with van der Waals surface area (Å²) in [5.41, 5.74) is 3.53. The highest BCUT2D eigenvalue weighted by Crippen LogP contribution is 2.48. The van der Waals surface area contributed by atoms with E-state index >= 15 is 0 Å². The third-order valence-corrected chi connectivity index (χ3v) is 11.1. The number of methoxy groups -OCH3 is 1. The van der Waals surface area contributed by atoms with E-state index in [1.54, 1.807) is 26.2 Å². The van der Waals surface area contributed by atoms with Crippen LogP contribution in [0.4, 0.5) is 24.7 Å². The molecule has 0 radical (unpaired) electrons. The summed E-state index contributed by atoms with van der Waals surface area (Å²) in [6.45, 7) is 3.36. The topological polar surface area (TPSA) is 136 Å². The molecule has 2 aliphatic heterocycles. The highest BCUT2D eigenvalue weighted by Gasteiger charge is 2.51. The van der Waals surface area contributed by atoms with Crippen molar-refractivity contribution in [3.8, 4) is 28.3 Å². The van der Waals surface area contributed by atoms with Gasteiger partial charge in [0, 0.05) is 62.0 Å². The number of nitrogens with one attached hydrogen (secondary N) is 2. The zero-order valence-electron chi connectivity index (χ0n) is 29.2. The van der Waals surface area contributed by atoms with Crippen LogP contribution in [0.15, 0.2) is 52.1 Å². The van der Waals surface area contributed by atoms with E-state index in [4.69, 9.17) is 21.3 Å². The molecule has 0 saturated carbocycles. The lowest BCUT2D eigenvalue weighted by Gasteiger charge is -2.50. The predicted octanol–water partition coefficient (Wildman–Crippen LogP) is 5.44. The van der Waals surface area contributed by atoms with Crippen LogP contribution in [0, 0.1) is 6.92 Å². The van der Waals surface area contributed by atoms with Gasteiger partial charge in [-0.3, -0.25) is 23.6 Å². The molecule has 12 nitrogen and oxygen atoms in total. The zero-order chi connectivity index (χ0) is 37.6. The van der Waals surface area contributed by atoms with Gasteiger partial charge in [-0.2, -0.15) is 13.2 Å². The van der Waals surface area contributed by atoms with E-state index in [2.05, 4.69) is 25.5 Å². The van der Waals surface area contributed by atoms with Crippen LogP contribution in [0.2, 0.25) is 5.02 Å². The minimum Gasteiger partial charge on any atom is -0.481 e. The predicted molar refractivity (Wildman–Crippen MR) is 192 cm³/mol. The Labute approximate surface area is 305 Å². The fourth-order valence-corrected chi connectivity index (χ4v) is 8.33. The highest BCUT2D eigenvalue weighted by atomic mass is 35.5. The molecule has 1 spiro atoms. The fraction of sp³-hybridized carbons (Fsp3) is 0.351. The van der Waals surface area contributed by atoms with Crippen molar-refractivity contribution in [3.05, 3.63) is 90.8 Å². The van der Waals surface area contributed by atoms with Crippen LogP contribution in [0.5, 0.6) is 5.88 Å². The number of alkyl halides is 3. The average molecular weight is 747 g/mol. The monoisotopic (exact) mass is 746 g/mol. The Kier molecular flexibility index (Phi) is 8.14. The molecule has 2 saturated heterocycles. The third kappa shape index (κ3) is 5.64. The summed E-state index contributed by atoms with van der Waals surface area (Å²) in [5, 5.41) is 6.22. The molecular weight excluding hydrogens is 713 g/mol. The minimum atomic E-state index is -4.95. The molecule has 1 unspecified atom stereocenters. The van der Waals surface area contributed by atoms with Crippen LogP contribution < -0.4 is 26.6 Å². The lowest BCUT2D eigenvalue weighted by molar-refractivity contribution is -0.144. The number of likely N-dealkylation sites (tertiary alicyclic amines) is 1. The molecule has 1 aliphatic carbocycles. The molecule has 2 aromatic carbocycles. The number of benzene rings is 2. The van der Waals surface area contributed by atoms with Gasteiger partial charge in [-0.1, -0.05) is 41.9 Å². The summed E-state index contributed by atoms with van der Waals surface area (Å²) in [7, 11) is 4.07. The number of rotatable bonds is 6. The Hall–Kier alpha value is -5.28. The number of hydrogen-bond acceptors (Lipinski definition) is 9. The van der Waals surface area contributed by atoms with E-state index in [1.807, 2.05) is 30.3 Å². The van der Waals surface area contributed by atoms with Crippen molar-refractivity contribution < 1.29 is 22.7 Å². The number of pyridine rings is 1. The molecule has 3 aliphatic rings. The molecule has 5 aromatic rings. The van der Waals surface area contributed by atoms with Gasteiger partial charge in [0.15, 0.2) is 5.65 Å². The first-order valence-electron chi connectivity index (χ1n) is 17.0. The van der Waals surface area contributed by atoms with Crippen molar-refractivity contribution in [2.24, 2.45) is 14.1 Å². The molecule has 8 rings (SSSR count). The first-order chi connectivity index (χ1) is 25.2. The molecule has 1 atom stereocenters. The van der Waals surface area contributed by atoms with Crippen LogP contribution in [0.25, 0.3) is 33.4 Å². The van der Waals surface area contributed by atoms with Crippen molar-refractivity contribution in [2.75, 3.05) is 25.5 Å². The van der Waals surface area contributed by atoms with E-state index in [9.17, 15) is 27.6 Å². The Morgan fingerprint density at radius 2 is 1.70 bits per heavy atom. The van der Waals surface area contributed by atoms with Gasteiger partial charge in [-0.05, 0) is 55.0 Å². The van der Waals surface area contributed by atoms with Gasteiger partial charge in [0.25, 0.3) is 5.56 Å². The van der Waals surface area contributed by atoms with Crippen LogP contribution in [0.1, 0.15) is 47.8 Å². The number of aromatic nitrogens is 5. The summed E-state index contributed by atoms with van der Waals surface area (Å²) >= 11 is 7.15. The second kappa shape index (κ2) is 12.4. The van der Waals surface area contributed by atoms with Crippen LogP contribution in [-0.4, -0.2) is 60.6 Å². The Morgan fingerprint density at radius 1 is 0.981 bits per heavy atom. The summed E-state index contributed by atoms with van der Waals surface area (Å²) in [6.07, 6.45) is -1.80. The number of ether oxygens (including phenoxy) is 1. The van der Waals surface area contributed by atoms with E-state index in [0.29, 0.717) is 51.0 Å². The molecule has 3 aromatic heterocycles. The normalized spacial score (nSPS) is 18.0. The van der Waals surface area contributed by atoms with Crippen molar-refractivity contribution in [2.45, 2.75) is 50.4 Å². The number of halogens is 4. The van der Waals surface area contributed by atoms with Gasteiger partial charge < -0.3 is 15.4 Å². The summed E-state index contributed by atoms with van der Waals surface area (Å²) in [6, 6.07) is 12.9. The third-order valence-electron chi connectivity index (χ3n) is 10.7. The number of aryl methyl sites for hydroxylation is 2. The van der Waals surface area contributed by atoms with E-state index < -0.39 is 34.7 Å². The highest BCUT2D eigenvalue weighted by molar-refractivity contribution is 6.36. The van der Waals surface area contributed by atoms with Crippen molar-refractivity contribution in [3.63, 3.8) is 0 Å². The molecule has 0 bridgehead atoms. The maximum atomic E-state index is 13.9. The Morgan fingerprint density at radius 3 is 2.40 bits per heavy atom. The standard InChI is InChI=1S/C37H34ClF3N8O4/c1-18-20(7-6-10-23(18)42-30-28-31(45-34(44-30)37(39,40)41)47(2)35(52)48(3)33(28)51)21-8-5-9-22(29(21)38)24-15-19-11-12-25(27(19)32(43-24)53-4)49-16-36(17-49)14-13-26(50)46-36/h5-10,15,25H,11-14,16-17H2,1-4H3,(H,46,50)(H,42,44,45). The number of nitrogens with zero attached hydrogens (tertiary/aromatic N) is 6. The molecular formula is C37H34ClF3N8O4. The van der Waals surface area contributed by atoms with E-state index in [1.165, 1.54) is 14.1 Å². The maximum Gasteiger partial charge on any atom is 0.451 e. The Balaban J connectivity index is 1.15. The van der Waals surface area contributed by atoms with Crippen LogP contribution in [-0.2, 0) is 31.5 Å². The van der Waals surface area contributed by atoms with Crippen molar-refractivity contribution >= 4 is 40.0 Å². The smallest absolute Gasteiger partial charge is 0.451 e. The van der Waals surface area contributed by atoms with Crippen LogP contribution >= 0.6 is 11.6 Å². The van der Waals surface area contributed by atoms with Gasteiger partial charge in [0.2, 0.25) is 17.6 Å². The number of carbonyl (C=O) groups is 1. The van der Waals surface area contributed by atoms with E-state index in [0.717, 1.165) is 52.6 Å². The van der Waals surface area contributed by atoms with Crippen LogP contribution in [0.3, 0.4) is 0 Å². The Bertz CT molecular complexity index is 2490. The lowest BCUT2D eigenvalue weighted by Crippen LogP contribution is -2.67. The molecule has 2 fully saturated rings. The maximum absolute atomic E-state index is 13.9. The van der Waals surface area contributed by atoms with E-state index in [-0.39, 0.29) is 22.9 Å². The molecule has 16 heteroatoms. The van der Waals surface area contributed by atoms with Crippen molar-refractivity contribution in [1.82, 2.24) is 34.3 Å². The molecule has 2 N–H and O–H groups in total. The minimum absolute atomic E-state index is 0.109. The average Bonchev–Trinajstić information content (AvgIpc) is 3.73. The molecule has 5 heterocycles. The van der Waals surface area contributed by atoms with Crippen molar-refractivity contribution in [1.29, 1.82) is 0 Å². The first kappa shape index (κ1) is 34.8. The molecule has 53 heavy (non-hydrogen) atoms. The summed E-state index contributed by atoms with van der Waals surface area (Å²) < 4.78 is 49.3. The fourth-order valence-electron chi connectivity index (χ4n) is 8.01. The number of amides is 1. The van der Waals surface area contributed by atoms with Gasteiger partial charge in [-0.15, -0.1) is 0 Å². The summed E-state index contributed by atoms with van der Waals surface area (Å²) in [5.74, 6) is -1.26. The SMILES string of the molecule is COc1nc(-c2cccc(-c3cccc(Nc4nc(C(F)(F)F)nc5c4c(=O)n(C)c(=O)n5C)c3C)c2Cl)cc2c1C(N1CC3(CCC(=O)N3)C1)CC2. The molecule has 1 amide bonds. The lowest BCUT2D eigenvalue weighted by atomic mass is 9.86. The first-order valence-corrected chi connectivity index (χ1v) is 17.4. The number of anilines is 2. The second-order valence-electron chi connectivity index (χ2n) is 13.9. The number of hydrogen-bond donors (Lipinski definition) is 2. The zero-order valence-corrected chi connectivity index (χ0v) is 29.9. The van der Waals surface area contributed by atoms with Gasteiger partial charge in [-0.25, -0.2) is 19.7 Å². The van der Waals surface area contributed by atoms with Gasteiger partial charge in [0.05, 0.1) is 23.4 Å². The van der Waals surface area contributed by atoms with Gasteiger partial charge in [0.1, 0.15) is 11.2 Å². The second-order valence-corrected chi connectivity index (χ2v) is 14.3. The number of carbonyl (C=O) groups excluding carboxylic acids is 1. The largest absolute Gasteiger partial charge is 0.481 e. The number of fused-ring (bicyclic) bond motifs is 2. The summed E-state index contributed by atoms with van der Waals surface area (Å²) in [4.78, 5) is 52.2. The van der Waals surface area contributed by atoms with Gasteiger partial charge >= 0.3 is 11.9 Å². The molecule has 274 valence electrons.